The summed E-state index contributed by atoms with van der Waals surface area (Å²) in [5, 5.41) is 4.79. The summed E-state index contributed by atoms with van der Waals surface area (Å²) in [6, 6.07) is 0. The Morgan fingerprint density at radius 2 is 2.18 bits per heavy atom. The van der Waals surface area contributed by atoms with Crippen LogP contribution in [0.5, 0.6) is 0 Å². The van der Waals surface area contributed by atoms with Gasteiger partial charge in [-0.25, -0.2) is 4.98 Å². The molecule has 1 aromatic heterocycles. The lowest BCUT2D eigenvalue weighted by molar-refractivity contribution is 0.585. The zero-order chi connectivity index (χ0) is 12.3. The quantitative estimate of drug-likeness (QED) is 0.800. The van der Waals surface area contributed by atoms with Crippen LogP contribution in [0.3, 0.4) is 0 Å². The lowest BCUT2D eigenvalue weighted by atomic mass is 10.1. The lowest BCUT2D eigenvalue weighted by Crippen LogP contribution is -2.11. The molecule has 1 fully saturated rings. The summed E-state index contributed by atoms with van der Waals surface area (Å²) in [6.45, 7) is 8.80. The number of aromatic nitrogens is 1. The topological polar surface area (TPSA) is 24.9 Å². The van der Waals surface area contributed by atoms with Gasteiger partial charge in [0.2, 0.25) is 0 Å². The summed E-state index contributed by atoms with van der Waals surface area (Å²) >= 11 is 1.94. The average molecular weight is 252 g/mol. The lowest BCUT2D eigenvalue weighted by Gasteiger charge is -2.00. The minimum atomic E-state index is 0.778. The van der Waals surface area contributed by atoms with Crippen molar-refractivity contribution in [1.82, 2.24) is 10.3 Å². The van der Waals surface area contributed by atoms with Crippen LogP contribution in [0.2, 0.25) is 0 Å². The van der Waals surface area contributed by atoms with Gasteiger partial charge in [0.1, 0.15) is 0 Å². The molecule has 0 aliphatic heterocycles. The van der Waals surface area contributed by atoms with E-state index in [1.165, 1.54) is 34.8 Å². The van der Waals surface area contributed by atoms with E-state index in [4.69, 9.17) is 4.98 Å². The Hall–Kier alpha value is -0.410. The number of nitrogens with one attached hydrogen (secondary N) is 1. The maximum atomic E-state index is 4.88. The van der Waals surface area contributed by atoms with Crippen LogP contribution in [-0.4, -0.2) is 11.5 Å². The fourth-order valence-electron chi connectivity index (χ4n) is 1.97. The number of nitrogens with zero attached hydrogens (tertiary/aromatic N) is 1. The predicted octanol–water partition coefficient (Wildman–Crippen LogP) is 3.72. The molecule has 0 atom stereocenters. The van der Waals surface area contributed by atoms with Crippen LogP contribution in [0.25, 0.3) is 0 Å². The molecule has 2 rings (SSSR count). The molecule has 0 bridgehead atoms. The van der Waals surface area contributed by atoms with E-state index in [0.29, 0.717) is 0 Å². The van der Waals surface area contributed by atoms with Gasteiger partial charge in [0.15, 0.2) is 0 Å². The molecule has 96 valence electrons. The Bertz CT molecular complexity index is 353. The number of aryl methyl sites for hydroxylation is 1. The van der Waals surface area contributed by atoms with Gasteiger partial charge in [-0.15, -0.1) is 11.3 Å². The normalized spacial score (nSPS) is 15.8. The first-order chi connectivity index (χ1) is 8.20. The van der Waals surface area contributed by atoms with E-state index >= 15 is 0 Å². The molecule has 0 saturated heterocycles. The highest BCUT2D eigenvalue weighted by molar-refractivity contribution is 7.11. The van der Waals surface area contributed by atoms with Crippen molar-refractivity contribution in [2.24, 2.45) is 5.92 Å². The Balaban J connectivity index is 2.01. The van der Waals surface area contributed by atoms with E-state index in [1.54, 1.807) is 0 Å². The van der Waals surface area contributed by atoms with Gasteiger partial charge >= 0.3 is 0 Å². The van der Waals surface area contributed by atoms with Gasteiger partial charge in [0.25, 0.3) is 0 Å². The minimum Gasteiger partial charge on any atom is -0.312 e. The fraction of sp³-hybridized carbons (Fsp3) is 0.786. The highest BCUT2D eigenvalue weighted by Crippen LogP contribution is 2.42. The van der Waals surface area contributed by atoms with Gasteiger partial charge in [-0.1, -0.05) is 20.8 Å². The number of hydrogen-bond acceptors (Lipinski definition) is 3. The Morgan fingerprint density at radius 1 is 1.41 bits per heavy atom. The first-order valence-corrected chi connectivity index (χ1v) is 7.71. The van der Waals surface area contributed by atoms with Gasteiger partial charge in [-0.05, 0) is 38.1 Å². The molecule has 17 heavy (non-hydrogen) atoms. The third-order valence-corrected chi connectivity index (χ3v) is 4.34. The summed E-state index contributed by atoms with van der Waals surface area (Å²) in [5.74, 6) is 1.56. The Morgan fingerprint density at radius 3 is 2.76 bits per heavy atom. The monoisotopic (exact) mass is 252 g/mol. The van der Waals surface area contributed by atoms with Gasteiger partial charge in [-0.3, -0.25) is 0 Å². The predicted molar refractivity (Wildman–Crippen MR) is 74.6 cm³/mol. The molecule has 0 unspecified atom stereocenters. The molecule has 1 N–H and O–H groups in total. The maximum absolute atomic E-state index is 4.88. The van der Waals surface area contributed by atoms with Gasteiger partial charge in [0, 0.05) is 17.3 Å². The standard InChI is InChI=1S/C14H24N2S/c1-4-15-9-12-14(11-6-7-11)16-13(17-12)8-5-10(2)3/h10-11,15H,4-9H2,1-3H3. The fourth-order valence-corrected chi connectivity index (χ4v) is 3.11. The van der Waals surface area contributed by atoms with Crippen molar-refractivity contribution in [2.45, 2.75) is 58.9 Å². The van der Waals surface area contributed by atoms with E-state index < -0.39 is 0 Å². The second-order valence-electron chi connectivity index (χ2n) is 5.40. The van der Waals surface area contributed by atoms with Crippen molar-refractivity contribution < 1.29 is 0 Å². The molecule has 1 aromatic rings. The zero-order valence-corrected chi connectivity index (χ0v) is 12.1. The summed E-state index contributed by atoms with van der Waals surface area (Å²) in [5.41, 5.74) is 1.41. The van der Waals surface area contributed by atoms with Crippen LogP contribution in [0, 0.1) is 5.92 Å². The second-order valence-corrected chi connectivity index (χ2v) is 6.57. The minimum absolute atomic E-state index is 0.778. The number of thiazole rings is 1. The summed E-state index contributed by atoms with van der Waals surface area (Å²) in [6.07, 6.45) is 5.13. The van der Waals surface area contributed by atoms with Crippen LogP contribution >= 0.6 is 11.3 Å². The summed E-state index contributed by atoms with van der Waals surface area (Å²) < 4.78 is 0. The van der Waals surface area contributed by atoms with Crippen molar-refractivity contribution >= 4 is 11.3 Å². The van der Waals surface area contributed by atoms with Gasteiger partial charge in [-0.2, -0.15) is 0 Å². The molecule has 3 heteroatoms. The smallest absolute Gasteiger partial charge is 0.0931 e. The Labute approximate surface area is 109 Å². The Kier molecular flexibility index (Phi) is 4.57. The van der Waals surface area contributed by atoms with Crippen LogP contribution < -0.4 is 5.32 Å². The molecule has 2 nitrogen and oxygen atoms in total. The summed E-state index contributed by atoms with van der Waals surface area (Å²) in [7, 11) is 0. The van der Waals surface area contributed by atoms with E-state index in [0.717, 1.165) is 31.3 Å². The van der Waals surface area contributed by atoms with Crippen LogP contribution in [0.4, 0.5) is 0 Å². The van der Waals surface area contributed by atoms with Crippen molar-refractivity contribution in [1.29, 1.82) is 0 Å². The first-order valence-electron chi connectivity index (χ1n) is 6.89. The molecule has 0 aromatic carbocycles. The van der Waals surface area contributed by atoms with Crippen LogP contribution in [0.1, 0.15) is 61.5 Å². The van der Waals surface area contributed by atoms with E-state index in [1.807, 2.05) is 11.3 Å². The van der Waals surface area contributed by atoms with E-state index in [2.05, 4.69) is 26.1 Å². The first kappa shape index (κ1) is 13.0. The molecule has 1 aliphatic rings. The molecule has 0 amide bonds. The van der Waals surface area contributed by atoms with Crippen LogP contribution in [0.15, 0.2) is 0 Å². The van der Waals surface area contributed by atoms with Crippen molar-refractivity contribution in [2.75, 3.05) is 6.54 Å². The van der Waals surface area contributed by atoms with Gasteiger partial charge < -0.3 is 5.32 Å². The highest BCUT2D eigenvalue weighted by atomic mass is 32.1. The molecular weight excluding hydrogens is 228 g/mol. The van der Waals surface area contributed by atoms with Crippen molar-refractivity contribution in [3.05, 3.63) is 15.6 Å². The molecule has 0 spiro atoms. The number of hydrogen-bond donors (Lipinski definition) is 1. The maximum Gasteiger partial charge on any atom is 0.0931 e. The average Bonchev–Trinajstić information content (AvgIpc) is 3.06. The van der Waals surface area contributed by atoms with Gasteiger partial charge in [0.05, 0.1) is 10.7 Å². The van der Waals surface area contributed by atoms with Crippen molar-refractivity contribution in [3.8, 4) is 0 Å². The van der Waals surface area contributed by atoms with Crippen molar-refractivity contribution in [3.63, 3.8) is 0 Å². The molecule has 0 radical (unpaired) electrons. The van der Waals surface area contributed by atoms with E-state index in [-0.39, 0.29) is 0 Å². The SMILES string of the molecule is CCNCc1sc(CCC(C)C)nc1C1CC1. The second kappa shape index (κ2) is 5.96. The molecule has 1 saturated carbocycles. The third-order valence-electron chi connectivity index (χ3n) is 3.21. The highest BCUT2D eigenvalue weighted by Gasteiger charge is 2.29. The molecule has 1 aliphatic carbocycles. The van der Waals surface area contributed by atoms with Crippen LogP contribution in [-0.2, 0) is 13.0 Å². The number of rotatable bonds is 7. The third kappa shape index (κ3) is 3.78. The molecular formula is C14H24N2S. The largest absolute Gasteiger partial charge is 0.312 e. The molecule has 1 heterocycles. The summed E-state index contributed by atoms with van der Waals surface area (Å²) in [4.78, 5) is 6.37. The zero-order valence-electron chi connectivity index (χ0n) is 11.3. The van der Waals surface area contributed by atoms with E-state index in [9.17, 15) is 0 Å².